The molecule has 2 heteroatoms. The van der Waals surface area contributed by atoms with Crippen LogP contribution in [0.15, 0.2) is 170 Å². The fraction of sp³-hybridized carbons (Fsp3) is 0.216. The maximum absolute atomic E-state index is 2.62. The van der Waals surface area contributed by atoms with E-state index in [0.717, 1.165) is 32.2 Å². The largest absolute Gasteiger partial charge is 0.374 e. The Morgan fingerprint density at radius 2 is 1.30 bits per heavy atom. The average Bonchev–Trinajstić information content (AvgIpc) is 3.99. The number of benzene rings is 5. The third kappa shape index (κ3) is 6.99. The number of anilines is 3. The van der Waals surface area contributed by atoms with E-state index >= 15 is 0 Å². The molecule has 3 atom stereocenters. The molecule has 53 heavy (non-hydrogen) atoms. The molecule has 1 saturated carbocycles. The summed E-state index contributed by atoms with van der Waals surface area (Å²) < 4.78 is 0. The molecule has 4 aliphatic rings. The minimum Gasteiger partial charge on any atom is -0.374 e. The molecule has 0 amide bonds. The van der Waals surface area contributed by atoms with Crippen LogP contribution >= 0.6 is 0 Å². The lowest BCUT2D eigenvalue weighted by atomic mass is 9.91. The van der Waals surface area contributed by atoms with Crippen molar-refractivity contribution in [1.82, 2.24) is 0 Å². The normalized spacial score (nSPS) is 20.6. The SMILES string of the molecule is CC.CN(CC1C=C(c2ccc(N(c3cccc(C4=CCCC=C4)c3)C34C=Cc5ccccc5C3C4)cc2)C=CC1)c1ccc(-c2ccccc2)cc1. The van der Waals surface area contributed by atoms with E-state index in [1.165, 1.54) is 61.6 Å². The van der Waals surface area contributed by atoms with E-state index in [9.17, 15) is 0 Å². The molecule has 1 fully saturated rings. The minimum absolute atomic E-state index is 0.0652. The monoisotopic (exact) mass is 690 g/mol. The van der Waals surface area contributed by atoms with Crippen LogP contribution in [0.25, 0.3) is 28.3 Å². The molecule has 3 unspecified atom stereocenters. The first-order valence-corrected chi connectivity index (χ1v) is 19.6. The molecule has 0 heterocycles. The third-order valence-corrected chi connectivity index (χ3v) is 11.3. The van der Waals surface area contributed by atoms with Gasteiger partial charge in [-0.25, -0.2) is 0 Å². The summed E-state index contributed by atoms with van der Waals surface area (Å²) in [7, 11) is 2.21. The zero-order valence-electron chi connectivity index (χ0n) is 31.3. The van der Waals surface area contributed by atoms with Crippen molar-refractivity contribution < 1.29 is 0 Å². The highest BCUT2D eigenvalue weighted by Gasteiger charge is 2.59. The van der Waals surface area contributed by atoms with Crippen molar-refractivity contribution in [1.29, 1.82) is 0 Å². The van der Waals surface area contributed by atoms with Gasteiger partial charge in [0.2, 0.25) is 0 Å². The summed E-state index contributed by atoms with van der Waals surface area (Å²) in [5.74, 6) is 0.927. The number of hydrogen-bond acceptors (Lipinski definition) is 2. The molecule has 0 spiro atoms. The van der Waals surface area contributed by atoms with E-state index in [0.29, 0.717) is 11.8 Å². The predicted molar refractivity (Wildman–Crippen MR) is 229 cm³/mol. The van der Waals surface area contributed by atoms with Gasteiger partial charge in [-0.05, 0) is 113 Å². The summed E-state index contributed by atoms with van der Waals surface area (Å²) in [6, 6.07) is 47.1. The first kappa shape index (κ1) is 34.5. The van der Waals surface area contributed by atoms with Crippen LogP contribution in [0.1, 0.15) is 67.7 Å². The van der Waals surface area contributed by atoms with E-state index in [4.69, 9.17) is 0 Å². The topological polar surface area (TPSA) is 6.48 Å². The van der Waals surface area contributed by atoms with Crippen LogP contribution in [0.3, 0.4) is 0 Å². The maximum Gasteiger partial charge on any atom is 0.0713 e. The van der Waals surface area contributed by atoms with Crippen molar-refractivity contribution in [3.63, 3.8) is 0 Å². The summed E-state index contributed by atoms with van der Waals surface area (Å²) in [6.07, 6.45) is 23.3. The molecule has 0 aliphatic heterocycles. The van der Waals surface area contributed by atoms with Crippen LogP contribution in [0.4, 0.5) is 17.1 Å². The third-order valence-electron chi connectivity index (χ3n) is 11.3. The van der Waals surface area contributed by atoms with E-state index in [2.05, 4.69) is 193 Å². The van der Waals surface area contributed by atoms with E-state index < -0.39 is 0 Å². The number of allylic oxidation sites excluding steroid dienone is 7. The lowest BCUT2D eigenvalue weighted by molar-refractivity contribution is 0.646. The van der Waals surface area contributed by atoms with Crippen molar-refractivity contribution in [3.8, 4) is 11.1 Å². The summed E-state index contributed by atoms with van der Waals surface area (Å²) in [5.41, 5.74) is 14.2. The quantitative estimate of drug-likeness (QED) is 0.152. The highest BCUT2D eigenvalue weighted by atomic mass is 15.3. The minimum atomic E-state index is -0.0652. The number of fused-ring (bicyclic) bond motifs is 3. The van der Waals surface area contributed by atoms with Gasteiger partial charge < -0.3 is 9.80 Å². The number of rotatable bonds is 9. The second-order valence-electron chi connectivity index (χ2n) is 14.6. The molecular weight excluding hydrogens is 641 g/mol. The summed E-state index contributed by atoms with van der Waals surface area (Å²) in [5, 5.41) is 0. The predicted octanol–water partition coefficient (Wildman–Crippen LogP) is 13.3. The van der Waals surface area contributed by atoms with Gasteiger partial charge in [-0.3, -0.25) is 0 Å². The smallest absolute Gasteiger partial charge is 0.0713 e. The highest BCUT2D eigenvalue weighted by molar-refractivity contribution is 5.82. The van der Waals surface area contributed by atoms with Crippen molar-refractivity contribution in [3.05, 3.63) is 192 Å². The van der Waals surface area contributed by atoms with Crippen LogP contribution in [-0.4, -0.2) is 19.1 Å². The molecule has 5 aromatic rings. The van der Waals surface area contributed by atoms with Crippen LogP contribution in [-0.2, 0) is 0 Å². The van der Waals surface area contributed by atoms with Gasteiger partial charge in [0.1, 0.15) is 0 Å². The molecule has 2 nitrogen and oxygen atoms in total. The van der Waals surface area contributed by atoms with Gasteiger partial charge in [0, 0.05) is 36.6 Å². The molecule has 0 N–H and O–H groups in total. The van der Waals surface area contributed by atoms with Gasteiger partial charge in [-0.2, -0.15) is 0 Å². The molecule has 5 aromatic carbocycles. The molecule has 0 saturated heterocycles. The average molecular weight is 691 g/mol. The van der Waals surface area contributed by atoms with Crippen LogP contribution in [0.5, 0.6) is 0 Å². The summed E-state index contributed by atoms with van der Waals surface area (Å²) >= 11 is 0. The highest BCUT2D eigenvalue weighted by Crippen LogP contribution is 2.62. The molecular formula is C51H50N2. The van der Waals surface area contributed by atoms with Crippen molar-refractivity contribution in [2.45, 2.75) is 51.0 Å². The van der Waals surface area contributed by atoms with Gasteiger partial charge in [-0.1, -0.05) is 153 Å². The molecule has 0 radical (unpaired) electrons. The summed E-state index contributed by atoms with van der Waals surface area (Å²) in [6.45, 7) is 4.98. The number of hydrogen-bond donors (Lipinski definition) is 0. The molecule has 264 valence electrons. The Labute approximate surface area is 316 Å². The van der Waals surface area contributed by atoms with Crippen molar-refractivity contribution >= 4 is 34.3 Å². The maximum atomic E-state index is 2.62. The molecule has 0 aromatic heterocycles. The Bertz CT molecular complexity index is 2200. The van der Waals surface area contributed by atoms with Gasteiger partial charge >= 0.3 is 0 Å². The zero-order valence-corrected chi connectivity index (χ0v) is 31.3. The lowest BCUT2D eigenvalue weighted by Gasteiger charge is -2.36. The lowest BCUT2D eigenvalue weighted by Crippen LogP contribution is -2.34. The Kier molecular flexibility index (Phi) is 9.87. The molecule has 4 aliphatic carbocycles. The van der Waals surface area contributed by atoms with Gasteiger partial charge in [0.05, 0.1) is 5.54 Å². The Morgan fingerprint density at radius 1 is 0.604 bits per heavy atom. The second-order valence-corrected chi connectivity index (χ2v) is 14.6. The van der Waals surface area contributed by atoms with Crippen LogP contribution in [0, 0.1) is 5.92 Å². The second kappa shape index (κ2) is 15.2. The Balaban J connectivity index is 0.00000197. The van der Waals surface area contributed by atoms with Crippen molar-refractivity contribution in [2.75, 3.05) is 23.4 Å². The van der Waals surface area contributed by atoms with E-state index in [-0.39, 0.29) is 5.54 Å². The Hall–Kier alpha value is -5.60. The molecule has 0 bridgehead atoms. The fourth-order valence-electron chi connectivity index (χ4n) is 8.52. The molecule has 9 rings (SSSR count). The van der Waals surface area contributed by atoms with E-state index in [1.54, 1.807) is 0 Å². The van der Waals surface area contributed by atoms with Gasteiger partial charge in [0.15, 0.2) is 0 Å². The van der Waals surface area contributed by atoms with E-state index in [1.807, 2.05) is 13.8 Å². The standard InChI is InChI=1S/C49H44N2.C2H6/c1-50(44-26-22-39(23-27-44)37-13-4-2-5-14-37)35-36-12-10-18-42(32-36)40-24-28-45(29-25-40)51(46-20-11-19-43(33-46)38-15-6-3-7-16-38)49-31-30-41-17-8-9-21-47(41)48(49)34-49;1-2/h2,4-6,8-11,13-33,36,48H,3,7,12,34-35H2,1H3;1-2H3. The van der Waals surface area contributed by atoms with Crippen LogP contribution < -0.4 is 9.80 Å². The Morgan fingerprint density at radius 3 is 2.09 bits per heavy atom. The first-order valence-electron chi connectivity index (χ1n) is 19.6. The first-order chi connectivity index (χ1) is 26.1. The fourth-order valence-corrected chi connectivity index (χ4v) is 8.52. The van der Waals surface area contributed by atoms with Crippen molar-refractivity contribution in [2.24, 2.45) is 5.92 Å². The summed E-state index contributed by atoms with van der Waals surface area (Å²) in [4.78, 5) is 5.01. The van der Waals surface area contributed by atoms with Gasteiger partial charge in [0.25, 0.3) is 0 Å². The van der Waals surface area contributed by atoms with Gasteiger partial charge in [-0.15, -0.1) is 0 Å². The zero-order chi connectivity index (χ0) is 36.2. The van der Waals surface area contributed by atoms with Crippen LogP contribution in [0.2, 0.25) is 0 Å². The number of nitrogens with zero attached hydrogens (tertiary/aromatic N) is 2.